The minimum atomic E-state index is 0.261. The summed E-state index contributed by atoms with van der Waals surface area (Å²) in [5, 5.41) is 4.54. The summed E-state index contributed by atoms with van der Waals surface area (Å²) in [5.74, 6) is 0.261. The highest BCUT2D eigenvalue weighted by Crippen LogP contribution is 2.23. The monoisotopic (exact) mass is 348 g/mol. The molecule has 0 saturated carbocycles. The van der Waals surface area contributed by atoms with E-state index in [9.17, 15) is 4.79 Å². The number of ketones is 1. The third-order valence-electron chi connectivity index (χ3n) is 3.59. The van der Waals surface area contributed by atoms with Crippen LogP contribution in [0.3, 0.4) is 0 Å². The lowest BCUT2D eigenvalue weighted by molar-refractivity contribution is -0.118. The fraction of sp³-hybridized carbons (Fsp3) is 0.412. The van der Waals surface area contributed by atoms with Crippen molar-refractivity contribution in [2.24, 2.45) is 0 Å². The van der Waals surface area contributed by atoms with Crippen LogP contribution in [0.25, 0.3) is 0 Å². The molecule has 0 fully saturated rings. The molecule has 0 bridgehead atoms. The Kier molecular flexibility index (Phi) is 5.74. The molecule has 0 aliphatic rings. The summed E-state index contributed by atoms with van der Waals surface area (Å²) >= 11 is 3.59. The first-order valence-electron chi connectivity index (χ1n) is 7.45. The maximum atomic E-state index is 12.2. The number of nitrogens with zero attached hydrogens (tertiary/aromatic N) is 2. The molecule has 0 atom stereocenters. The minimum absolute atomic E-state index is 0.261. The van der Waals surface area contributed by atoms with Crippen molar-refractivity contribution in [3.05, 3.63) is 51.8 Å². The van der Waals surface area contributed by atoms with Gasteiger partial charge in [-0.1, -0.05) is 37.3 Å². The molecule has 0 aliphatic heterocycles. The van der Waals surface area contributed by atoms with Crippen LogP contribution in [0.4, 0.5) is 0 Å². The maximum Gasteiger partial charge on any atom is 0.139 e. The zero-order valence-electron chi connectivity index (χ0n) is 12.6. The molecule has 0 radical (unpaired) electrons. The van der Waals surface area contributed by atoms with Crippen molar-refractivity contribution in [2.75, 3.05) is 0 Å². The summed E-state index contributed by atoms with van der Waals surface area (Å²) in [5.41, 5.74) is 3.25. The molecule has 0 spiro atoms. The van der Waals surface area contributed by atoms with Gasteiger partial charge in [-0.25, -0.2) is 0 Å². The molecule has 0 unspecified atom stereocenters. The van der Waals surface area contributed by atoms with Crippen LogP contribution in [-0.4, -0.2) is 15.6 Å². The fourth-order valence-corrected chi connectivity index (χ4v) is 3.09. The summed E-state index contributed by atoms with van der Waals surface area (Å²) in [4.78, 5) is 12.2. The molecule has 0 N–H and O–H groups in total. The van der Waals surface area contributed by atoms with Crippen molar-refractivity contribution in [3.63, 3.8) is 0 Å². The summed E-state index contributed by atoms with van der Waals surface area (Å²) in [6, 6.07) is 10.1. The second-order valence-corrected chi connectivity index (χ2v) is 5.87. The number of carbonyl (C=O) groups excluding carboxylic acids is 1. The molecular formula is C17H21BrN2O. The number of rotatable bonds is 7. The third-order valence-corrected chi connectivity index (χ3v) is 4.51. The number of benzene rings is 1. The average Bonchev–Trinajstić information content (AvgIpc) is 2.82. The molecule has 2 rings (SSSR count). The van der Waals surface area contributed by atoms with Crippen LogP contribution >= 0.6 is 15.9 Å². The van der Waals surface area contributed by atoms with E-state index in [-0.39, 0.29) is 5.78 Å². The van der Waals surface area contributed by atoms with Gasteiger partial charge in [0.05, 0.1) is 15.9 Å². The molecule has 2 aromatic rings. The number of aromatic nitrogens is 2. The molecule has 0 aliphatic carbocycles. The second-order valence-electron chi connectivity index (χ2n) is 5.08. The summed E-state index contributed by atoms with van der Waals surface area (Å²) < 4.78 is 2.93. The average molecular weight is 349 g/mol. The van der Waals surface area contributed by atoms with Crippen molar-refractivity contribution in [1.82, 2.24) is 9.78 Å². The molecular weight excluding hydrogens is 328 g/mol. The van der Waals surface area contributed by atoms with Gasteiger partial charge in [-0.2, -0.15) is 5.10 Å². The highest BCUT2D eigenvalue weighted by atomic mass is 79.9. The Morgan fingerprint density at radius 2 is 1.95 bits per heavy atom. The smallest absolute Gasteiger partial charge is 0.139 e. The van der Waals surface area contributed by atoms with Gasteiger partial charge in [-0.3, -0.25) is 9.48 Å². The molecule has 21 heavy (non-hydrogen) atoms. The van der Waals surface area contributed by atoms with Crippen molar-refractivity contribution in [2.45, 2.75) is 46.1 Å². The van der Waals surface area contributed by atoms with Crippen LogP contribution in [0.5, 0.6) is 0 Å². The Hall–Kier alpha value is -1.42. The minimum Gasteiger partial charge on any atom is -0.299 e. The highest BCUT2D eigenvalue weighted by molar-refractivity contribution is 9.10. The SMILES string of the molecule is CCc1nn(CC)c(CC(=O)CCc2ccccc2)c1Br. The van der Waals surface area contributed by atoms with Crippen molar-refractivity contribution < 1.29 is 4.79 Å². The summed E-state index contributed by atoms with van der Waals surface area (Å²) in [7, 11) is 0. The van der Waals surface area contributed by atoms with Crippen molar-refractivity contribution in [3.8, 4) is 0 Å². The Morgan fingerprint density at radius 1 is 1.24 bits per heavy atom. The lowest BCUT2D eigenvalue weighted by Crippen LogP contribution is -2.10. The van der Waals surface area contributed by atoms with Gasteiger partial charge in [-0.15, -0.1) is 0 Å². The van der Waals surface area contributed by atoms with Crippen LogP contribution in [0.2, 0.25) is 0 Å². The van der Waals surface area contributed by atoms with Gasteiger partial charge >= 0.3 is 0 Å². The van der Waals surface area contributed by atoms with Crippen LogP contribution in [-0.2, 0) is 30.6 Å². The van der Waals surface area contributed by atoms with E-state index in [1.807, 2.05) is 22.9 Å². The highest BCUT2D eigenvalue weighted by Gasteiger charge is 2.16. The van der Waals surface area contributed by atoms with Gasteiger partial charge < -0.3 is 0 Å². The number of halogens is 1. The summed E-state index contributed by atoms with van der Waals surface area (Å²) in [6.07, 6.45) is 2.71. The van der Waals surface area contributed by atoms with E-state index in [2.05, 4.69) is 47.0 Å². The third kappa shape index (κ3) is 4.03. The molecule has 112 valence electrons. The van der Waals surface area contributed by atoms with Crippen LogP contribution in [0.1, 0.15) is 37.2 Å². The molecule has 1 aromatic heterocycles. The lowest BCUT2D eigenvalue weighted by atomic mass is 10.0. The van der Waals surface area contributed by atoms with Gasteiger partial charge in [-0.05, 0) is 41.3 Å². The molecule has 3 nitrogen and oxygen atoms in total. The van der Waals surface area contributed by atoms with Gasteiger partial charge in [0.1, 0.15) is 5.78 Å². The van der Waals surface area contributed by atoms with E-state index >= 15 is 0 Å². The topological polar surface area (TPSA) is 34.9 Å². The largest absolute Gasteiger partial charge is 0.299 e. The fourth-order valence-electron chi connectivity index (χ4n) is 2.39. The number of hydrogen-bond donors (Lipinski definition) is 0. The number of Topliss-reactive ketones (excluding diaryl/α,β-unsaturated/α-hetero) is 1. The Labute approximate surface area is 134 Å². The van der Waals surface area contributed by atoms with Crippen molar-refractivity contribution in [1.29, 1.82) is 0 Å². The van der Waals surface area contributed by atoms with E-state index < -0.39 is 0 Å². The van der Waals surface area contributed by atoms with Gasteiger partial charge in [0.15, 0.2) is 0 Å². The van der Waals surface area contributed by atoms with Crippen LogP contribution < -0.4 is 0 Å². The predicted octanol–water partition coefficient (Wildman–Crippen LogP) is 3.97. The van der Waals surface area contributed by atoms with Crippen LogP contribution in [0.15, 0.2) is 34.8 Å². The van der Waals surface area contributed by atoms with Gasteiger partial charge in [0, 0.05) is 19.4 Å². The number of hydrogen-bond acceptors (Lipinski definition) is 2. The maximum absolute atomic E-state index is 12.2. The van der Waals surface area contributed by atoms with E-state index in [0.717, 1.165) is 35.2 Å². The first kappa shape index (κ1) is 16.0. The zero-order valence-corrected chi connectivity index (χ0v) is 14.2. The second kappa shape index (κ2) is 7.55. The quantitative estimate of drug-likeness (QED) is 0.758. The van der Waals surface area contributed by atoms with Gasteiger partial charge in [0.2, 0.25) is 0 Å². The molecule has 0 saturated heterocycles. The standard InChI is InChI=1S/C17H21BrN2O/c1-3-15-17(18)16(20(4-2)19-15)12-14(21)11-10-13-8-6-5-7-9-13/h5-9H,3-4,10-12H2,1-2H3. The normalized spacial score (nSPS) is 10.8. The predicted molar refractivity (Wildman–Crippen MR) is 88.5 cm³/mol. The Morgan fingerprint density at radius 3 is 2.57 bits per heavy atom. The van der Waals surface area contributed by atoms with E-state index in [0.29, 0.717) is 12.8 Å². The zero-order chi connectivity index (χ0) is 15.2. The molecule has 0 amide bonds. The van der Waals surface area contributed by atoms with E-state index in [1.165, 1.54) is 5.56 Å². The lowest BCUT2D eigenvalue weighted by Gasteiger charge is -2.05. The van der Waals surface area contributed by atoms with E-state index in [1.54, 1.807) is 0 Å². The van der Waals surface area contributed by atoms with Gasteiger partial charge in [0.25, 0.3) is 0 Å². The van der Waals surface area contributed by atoms with Crippen LogP contribution in [0, 0.1) is 0 Å². The molecule has 4 heteroatoms. The Bertz CT molecular complexity index is 605. The Balaban J connectivity index is 2.01. The molecule has 1 heterocycles. The summed E-state index contributed by atoms with van der Waals surface area (Å²) in [6.45, 7) is 4.92. The first-order valence-corrected chi connectivity index (χ1v) is 8.24. The number of carbonyl (C=O) groups is 1. The van der Waals surface area contributed by atoms with E-state index in [4.69, 9.17) is 0 Å². The van der Waals surface area contributed by atoms with Crippen molar-refractivity contribution >= 4 is 21.7 Å². The first-order chi connectivity index (χ1) is 10.2. The molecule has 1 aromatic carbocycles. The number of aryl methyl sites for hydroxylation is 3.